The molecule has 2 N–H and O–H groups in total. The fraction of sp³-hybridized carbons (Fsp3) is 0.0952. The van der Waals surface area contributed by atoms with E-state index in [1.807, 2.05) is 0 Å². The topological polar surface area (TPSA) is 71.1 Å². The predicted molar refractivity (Wildman–Crippen MR) is 103 cm³/mol. The summed E-state index contributed by atoms with van der Waals surface area (Å²) in [7, 11) is 0. The van der Waals surface area contributed by atoms with Gasteiger partial charge in [0.1, 0.15) is 5.69 Å². The van der Waals surface area contributed by atoms with Crippen LogP contribution in [0.1, 0.15) is 33.3 Å². The van der Waals surface area contributed by atoms with Crippen LogP contribution in [-0.4, -0.2) is 16.7 Å². The summed E-state index contributed by atoms with van der Waals surface area (Å²) < 4.78 is 37.7. The normalized spacial score (nSPS) is 11.0. The molecule has 29 heavy (non-hydrogen) atoms. The number of nitrogens with one attached hydrogen (secondary N) is 2. The fourth-order valence-electron chi connectivity index (χ4n) is 2.49. The van der Waals surface area contributed by atoms with Gasteiger partial charge < -0.3 is 10.6 Å². The van der Waals surface area contributed by atoms with Gasteiger partial charge in [0.2, 0.25) is 0 Å². The van der Waals surface area contributed by atoms with E-state index in [0.29, 0.717) is 11.3 Å². The number of benzene rings is 2. The molecule has 0 spiro atoms. The molecule has 2 aromatic carbocycles. The maximum atomic E-state index is 12.6. The molecule has 1 heterocycles. The lowest BCUT2D eigenvalue weighted by molar-refractivity contribution is -0.137. The molecule has 0 saturated heterocycles. The summed E-state index contributed by atoms with van der Waals surface area (Å²) >= 11 is 0. The maximum Gasteiger partial charge on any atom is 0.416 e. The zero-order chi connectivity index (χ0) is 21.0. The Kier molecular flexibility index (Phi) is 5.63. The molecule has 3 aromatic rings. The number of ketones is 1. The number of nitrogens with zero attached hydrogens (tertiary/aromatic N) is 1. The second-order valence-corrected chi connectivity index (χ2v) is 6.22. The van der Waals surface area contributed by atoms with Crippen LogP contribution >= 0.6 is 0 Å². The molecule has 0 aliphatic carbocycles. The average molecular weight is 399 g/mol. The lowest BCUT2D eigenvalue weighted by Gasteiger charge is -2.09. The minimum atomic E-state index is -4.43. The van der Waals surface area contributed by atoms with Gasteiger partial charge in [0, 0.05) is 16.9 Å². The second-order valence-electron chi connectivity index (χ2n) is 6.22. The van der Waals surface area contributed by atoms with Gasteiger partial charge in [0.05, 0.1) is 17.4 Å². The van der Waals surface area contributed by atoms with E-state index >= 15 is 0 Å². The number of hydrogen-bond donors (Lipinski definition) is 2. The SMILES string of the molecule is CC(=O)c1ccc(Nc2ccc(C(=O)Nc3ccc(C(F)(F)F)cc3)nc2)cc1. The minimum absolute atomic E-state index is 0.0263. The molecular weight excluding hydrogens is 383 g/mol. The maximum absolute atomic E-state index is 12.6. The zero-order valence-corrected chi connectivity index (χ0v) is 15.2. The molecule has 1 amide bonds. The van der Waals surface area contributed by atoms with Crippen LogP contribution < -0.4 is 10.6 Å². The first kappa shape index (κ1) is 20.1. The van der Waals surface area contributed by atoms with Crippen LogP contribution in [0.2, 0.25) is 0 Å². The third-order valence-corrected chi connectivity index (χ3v) is 4.05. The molecule has 0 aliphatic heterocycles. The number of halogens is 3. The number of pyridine rings is 1. The molecule has 0 atom stereocenters. The van der Waals surface area contributed by atoms with Gasteiger partial charge in [0.25, 0.3) is 5.91 Å². The molecule has 0 bridgehead atoms. The summed E-state index contributed by atoms with van der Waals surface area (Å²) in [5, 5.41) is 5.60. The van der Waals surface area contributed by atoms with Crippen LogP contribution in [0.25, 0.3) is 0 Å². The van der Waals surface area contributed by atoms with Crippen LogP contribution in [0.5, 0.6) is 0 Å². The predicted octanol–water partition coefficient (Wildman–Crippen LogP) is 5.30. The van der Waals surface area contributed by atoms with Crippen molar-refractivity contribution in [1.29, 1.82) is 0 Å². The summed E-state index contributed by atoms with van der Waals surface area (Å²) in [6.07, 6.45) is -2.97. The average Bonchev–Trinajstić information content (AvgIpc) is 2.68. The van der Waals surface area contributed by atoms with E-state index < -0.39 is 17.6 Å². The number of alkyl halides is 3. The zero-order valence-electron chi connectivity index (χ0n) is 15.2. The number of anilines is 3. The monoisotopic (exact) mass is 399 g/mol. The summed E-state index contributed by atoms with van der Waals surface area (Å²) in [6.45, 7) is 1.49. The van der Waals surface area contributed by atoms with E-state index in [1.54, 1.807) is 30.3 Å². The first-order valence-electron chi connectivity index (χ1n) is 8.55. The van der Waals surface area contributed by atoms with Crippen LogP contribution in [0.3, 0.4) is 0 Å². The number of carbonyl (C=O) groups excluding carboxylic acids is 2. The van der Waals surface area contributed by atoms with Gasteiger partial charge in [0.15, 0.2) is 5.78 Å². The standard InChI is InChI=1S/C21H16F3N3O2/c1-13(28)14-2-6-16(7-3-14)26-18-10-11-19(25-12-18)20(29)27-17-8-4-15(5-9-17)21(22,23)24/h2-12,26H,1H3,(H,27,29). The Balaban J connectivity index is 1.63. The third-order valence-electron chi connectivity index (χ3n) is 4.05. The van der Waals surface area contributed by atoms with Gasteiger partial charge >= 0.3 is 6.18 Å². The van der Waals surface area contributed by atoms with Crippen molar-refractivity contribution in [2.45, 2.75) is 13.1 Å². The van der Waals surface area contributed by atoms with Gasteiger partial charge in [-0.3, -0.25) is 9.59 Å². The van der Waals surface area contributed by atoms with Crippen LogP contribution in [0.15, 0.2) is 66.9 Å². The van der Waals surface area contributed by atoms with Crippen LogP contribution in [-0.2, 0) is 6.18 Å². The van der Waals surface area contributed by atoms with Gasteiger partial charge in [-0.15, -0.1) is 0 Å². The van der Waals surface area contributed by atoms with Gasteiger partial charge in [-0.25, -0.2) is 4.98 Å². The first-order valence-corrected chi connectivity index (χ1v) is 8.55. The molecule has 0 radical (unpaired) electrons. The van der Waals surface area contributed by atoms with Crippen molar-refractivity contribution in [3.8, 4) is 0 Å². The van der Waals surface area contributed by atoms with Crippen molar-refractivity contribution in [2.75, 3.05) is 10.6 Å². The van der Waals surface area contributed by atoms with Gasteiger partial charge in [-0.1, -0.05) is 0 Å². The summed E-state index contributed by atoms with van der Waals surface area (Å²) in [6, 6.07) is 14.2. The smallest absolute Gasteiger partial charge is 0.354 e. The molecule has 8 heteroatoms. The van der Waals surface area contributed by atoms with Crippen LogP contribution in [0.4, 0.5) is 30.2 Å². The second kappa shape index (κ2) is 8.14. The lowest BCUT2D eigenvalue weighted by atomic mass is 10.1. The molecule has 0 fully saturated rings. The van der Waals surface area contributed by atoms with Crippen molar-refractivity contribution in [3.05, 3.63) is 83.7 Å². The Hall–Kier alpha value is -3.68. The molecule has 5 nitrogen and oxygen atoms in total. The Morgan fingerprint density at radius 3 is 1.93 bits per heavy atom. The fourth-order valence-corrected chi connectivity index (χ4v) is 2.49. The van der Waals surface area contributed by atoms with E-state index in [-0.39, 0.29) is 17.2 Å². The molecule has 0 unspecified atom stereocenters. The summed E-state index contributed by atoms with van der Waals surface area (Å²) in [5.74, 6) is -0.566. The number of carbonyl (C=O) groups is 2. The number of rotatable bonds is 5. The van der Waals surface area contributed by atoms with Crippen molar-refractivity contribution >= 4 is 28.8 Å². The molecule has 148 valence electrons. The quantitative estimate of drug-likeness (QED) is 0.571. The molecular formula is C21H16F3N3O2. The van der Waals surface area contributed by atoms with E-state index in [1.165, 1.54) is 31.3 Å². The number of aromatic nitrogens is 1. The van der Waals surface area contributed by atoms with Crippen molar-refractivity contribution in [2.24, 2.45) is 0 Å². The van der Waals surface area contributed by atoms with E-state index in [2.05, 4.69) is 15.6 Å². The van der Waals surface area contributed by atoms with Gasteiger partial charge in [-0.05, 0) is 67.6 Å². The number of amides is 1. The van der Waals surface area contributed by atoms with Crippen molar-refractivity contribution in [1.82, 2.24) is 4.98 Å². The Labute approximate surface area is 164 Å². The lowest BCUT2D eigenvalue weighted by Crippen LogP contribution is -2.14. The van der Waals surface area contributed by atoms with E-state index in [0.717, 1.165) is 17.8 Å². The summed E-state index contributed by atoms with van der Waals surface area (Å²) in [4.78, 5) is 27.6. The highest BCUT2D eigenvalue weighted by molar-refractivity contribution is 6.03. The number of Topliss-reactive ketones (excluding diaryl/α,β-unsaturated/α-hetero) is 1. The highest BCUT2D eigenvalue weighted by Gasteiger charge is 2.30. The third kappa shape index (κ3) is 5.19. The summed E-state index contributed by atoms with van der Waals surface area (Å²) in [5.41, 5.74) is 1.54. The van der Waals surface area contributed by atoms with Crippen LogP contribution in [0, 0.1) is 0 Å². The number of hydrogen-bond acceptors (Lipinski definition) is 4. The molecule has 0 saturated carbocycles. The Morgan fingerprint density at radius 2 is 1.41 bits per heavy atom. The van der Waals surface area contributed by atoms with E-state index in [9.17, 15) is 22.8 Å². The highest BCUT2D eigenvalue weighted by Crippen LogP contribution is 2.29. The first-order chi connectivity index (χ1) is 13.7. The molecule has 3 rings (SSSR count). The van der Waals surface area contributed by atoms with Crippen molar-refractivity contribution in [3.63, 3.8) is 0 Å². The molecule has 0 aliphatic rings. The van der Waals surface area contributed by atoms with Crippen molar-refractivity contribution < 1.29 is 22.8 Å². The Morgan fingerprint density at radius 1 is 0.828 bits per heavy atom. The van der Waals surface area contributed by atoms with E-state index in [4.69, 9.17) is 0 Å². The molecule has 1 aromatic heterocycles. The highest BCUT2D eigenvalue weighted by atomic mass is 19.4. The largest absolute Gasteiger partial charge is 0.416 e. The minimum Gasteiger partial charge on any atom is -0.354 e. The Bertz CT molecular complexity index is 1010. The van der Waals surface area contributed by atoms with Gasteiger partial charge in [-0.2, -0.15) is 13.2 Å².